The Labute approximate surface area is 145 Å². The van der Waals surface area contributed by atoms with Gasteiger partial charge in [0.15, 0.2) is 0 Å². The van der Waals surface area contributed by atoms with E-state index in [2.05, 4.69) is 10.5 Å². The SMILES string of the molecule is CCOC(=O)/C(=N/Nc1ccc(F)cc1)S(=O)(=O)c1ccc(C)cc1. The number of sulfone groups is 1. The zero-order valence-electron chi connectivity index (χ0n) is 13.7. The van der Waals surface area contributed by atoms with Crippen molar-refractivity contribution < 1.29 is 22.3 Å². The van der Waals surface area contributed by atoms with Gasteiger partial charge in [-0.3, -0.25) is 5.43 Å². The van der Waals surface area contributed by atoms with E-state index in [0.29, 0.717) is 5.69 Å². The predicted octanol–water partition coefficient (Wildman–Crippen LogP) is 2.90. The summed E-state index contributed by atoms with van der Waals surface area (Å²) in [7, 11) is -4.18. The number of nitrogens with one attached hydrogen (secondary N) is 1. The van der Waals surface area contributed by atoms with Crippen LogP contribution >= 0.6 is 0 Å². The van der Waals surface area contributed by atoms with Crippen LogP contribution in [0.25, 0.3) is 0 Å². The van der Waals surface area contributed by atoms with Gasteiger partial charge in [-0.2, -0.15) is 5.10 Å². The highest BCUT2D eigenvalue weighted by atomic mass is 32.2. The van der Waals surface area contributed by atoms with E-state index >= 15 is 0 Å². The molecule has 0 aliphatic carbocycles. The summed E-state index contributed by atoms with van der Waals surface area (Å²) in [5.74, 6) is -1.52. The summed E-state index contributed by atoms with van der Waals surface area (Å²) in [5.41, 5.74) is 3.63. The highest BCUT2D eigenvalue weighted by Crippen LogP contribution is 2.16. The molecule has 1 N–H and O–H groups in total. The highest BCUT2D eigenvalue weighted by molar-refractivity contribution is 8.08. The first-order valence-corrected chi connectivity index (χ1v) is 8.91. The number of hydrogen-bond acceptors (Lipinski definition) is 6. The third-order valence-electron chi connectivity index (χ3n) is 3.17. The van der Waals surface area contributed by atoms with Gasteiger partial charge >= 0.3 is 5.97 Å². The van der Waals surface area contributed by atoms with Crippen molar-refractivity contribution in [2.45, 2.75) is 18.7 Å². The molecule has 0 bridgehead atoms. The van der Waals surface area contributed by atoms with Gasteiger partial charge in [0.2, 0.25) is 9.84 Å². The quantitative estimate of drug-likeness (QED) is 0.390. The minimum atomic E-state index is -4.18. The monoisotopic (exact) mass is 364 g/mol. The number of rotatable bonds is 4. The molecule has 25 heavy (non-hydrogen) atoms. The number of halogens is 1. The maximum Gasteiger partial charge on any atom is 0.371 e. The highest BCUT2D eigenvalue weighted by Gasteiger charge is 2.30. The number of nitrogens with zero attached hydrogens (tertiary/aromatic N) is 1. The molecule has 0 radical (unpaired) electrons. The summed E-state index contributed by atoms with van der Waals surface area (Å²) < 4.78 is 43.1. The van der Waals surface area contributed by atoms with Crippen LogP contribution in [-0.2, 0) is 19.4 Å². The minimum Gasteiger partial charge on any atom is -0.461 e. The fourth-order valence-electron chi connectivity index (χ4n) is 1.88. The molecule has 0 aliphatic heterocycles. The van der Waals surface area contributed by atoms with Crippen LogP contribution in [0.4, 0.5) is 10.1 Å². The van der Waals surface area contributed by atoms with Crippen molar-refractivity contribution in [3.8, 4) is 0 Å². The Morgan fingerprint density at radius 2 is 1.72 bits per heavy atom. The molecule has 0 amide bonds. The molecule has 0 fully saturated rings. The van der Waals surface area contributed by atoms with Gasteiger partial charge in [-0.25, -0.2) is 17.6 Å². The van der Waals surface area contributed by atoms with Crippen molar-refractivity contribution in [1.82, 2.24) is 0 Å². The number of hydrazone groups is 1. The molecule has 2 aromatic rings. The van der Waals surface area contributed by atoms with Crippen molar-refractivity contribution in [2.75, 3.05) is 12.0 Å². The van der Waals surface area contributed by atoms with Gasteiger partial charge in [-0.05, 0) is 50.2 Å². The van der Waals surface area contributed by atoms with Gasteiger partial charge in [0, 0.05) is 0 Å². The van der Waals surface area contributed by atoms with Crippen LogP contribution in [0.15, 0.2) is 58.5 Å². The Bertz CT molecular complexity index is 876. The van der Waals surface area contributed by atoms with Crippen LogP contribution < -0.4 is 5.43 Å². The van der Waals surface area contributed by atoms with Crippen molar-refractivity contribution in [2.24, 2.45) is 5.10 Å². The molecule has 0 unspecified atom stereocenters. The zero-order valence-corrected chi connectivity index (χ0v) is 14.5. The maximum absolute atomic E-state index is 12.9. The number of esters is 1. The molecule has 8 heteroatoms. The molecule has 0 aromatic heterocycles. The van der Waals surface area contributed by atoms with E-state index in [1.54, 1.807) is 19.1 Å². The van der Waals surface area contributed by atoms with Crippen LogP contribution in [0.2, 0.25) is 0 Å². The number of ether oxygens (including phenoxy) is 1. The lowest BCUT2D eigenvalue weighted by Gasteiger charge is -2.09. The van der Waals surface area contributed by atoms with Crippen LogP contribution in [0.5, 0.6) is 0 Å². The fourth-order valence-corrected chi connectivity index (χ4v) is 3.04. The van der Waals surface area contributed by atoms with Crippen LogP contribution in [0.1, 0.15) is 12.5 Å². The normalized spacial score (nSPS) is 11.9. The zero-order chi connectivity index (χ0) is 18.4. The minimum absolute atomic E-state index is 0.00216. The average Bonchev–Trinajstić information content (AvgIpc) is 2.57. The first-order valence-electron chi connectivity index (χ1n) is 7.42. The Morgan fingerprint density at radius 3 is 2.28 bits per heavy atom. The van der Waals surface area contributed by atoms with Gasteiger partial charge in [-0.15, -0.1) is 0 Å². The molecular weight excluding hydrogens is 347 g/mol. The summed E-state index contributed by atoms with van der Waals surface area (Å²) >= 11 is 0. The van der Waals surface area contributed by atoms with E-state index in [1.165, 1.54) is 36.4 Å². The van der Waals surface area contributed by atoms with Gasteiger partial charge < -0.3 is 4.74 Å². The number of benzene rings is 2. The van der Waals surface area contributed by atoms with E-state index in [4.69, 9.17) is 4.74 Å². The van der Waals surface area contributed by atoms with E-state index in [-0.39, 0.29) is 11.5 Å². The topological polar surface area (TPSA) is 84.8 Å². The Hall–Kier alpha value is -2.74. The molecule has 0 atom stereocenters. The summed E-state index contributed by atoms with van der Waals surface area (Å²) in [6.07, 6.45) is 0. The van der Waals surface area contributed by atoms with Gasteiger partial charge in [0.05, 0.1) is 17.2 Å². The van der Waals surface area contributed by atoms with Crippen molar-refractivity contribution in [3.05, 3.63) is 59.9 Å². The fraction of sp³-hybridized carbons (Fsp3) is 0.176. The summed E-state index contributed by atoms with van der Waals surface area (Å²) in [6.45, 7) is 3.37. The first kappa shape index (κ1) is 18.6. The number of carbonyl (C=O) groups excluding carboxylic acids is 1. The van der Waals surface area contributed by atoms with Gasteiger partial charge in [0.1, 0.15) is 5.82 Å². The van der Waals surface area contributed by atoms with Crippen molar-refractivity contribution in [3.63, 3.8) is 0 Å². The van der Waals surface area contributed by atoms with Gasteiger partial charge in [-0.1, -0.05) is 17.7 Å². The Kier molecular flexibility index (Phi) is 5.87. The first-order chi connectivity index (χ1) is 11.8. The molecule has 6 nitrogen and oxygen atoms in total. The predicted molar refractivity (Wildman–Crippen MR) is 92.5 cm³/mol. The third-order valence-corrected chi connectivity index (χ3v) is 4.83. The molecule has 0 heterocycles. The second-order valence-electron chi connectivity index (χ2n) is 5.07. The summed E-state index contributed by atoms with van der Waals surface area (Å²) in [4.78, 5) is 12.0. The second-order valence-corrected chi connectivity index (χ2v) is 6.94. The van der Waals surface area contributed by atoms with Crippen molar-refractivity contribution in [1.29, 1.82) is 0 Å². The van der Waals surface area contributed by atoms with Crippen LogP contribution in [-0.4, -0.2) is 26.0 Å². The van der Waals surface area contributed by atoms with Crippen molar-refractivity contribution >= 4 is 26.5 Å². The Morgan fingerprint density at radius 1 is 1.12 bits per heavy atom. The second kappa shape index (κ2) is 7.89. The lowest BCUT2D eigenvalue weighted by atomic mass is 10.2. The molecule has 2 rings (SSSR count). The van der Waals surface area contributed by atoms with Crippen LogP contribution in [0, 0.1) is 12.7 Å². The smallest absolute Gasteiger partial charge is 0.371 e. The average molecular weight is 364 g/mol. The lowest BCUT2D eigenvalue weighted by Crippen LogP contribution is -2.28. The van der Waals surface area contributed by atoms with E-state index in [1.807, 2.05) is 6.92 Å². The lowest BCUT2D eigenvalue weighted by molar-refractivity contribution is -0.134. The van der Waals surface area contributed by atoms with E-state index in [9.17, 15) is 17.6 Å². The maximum atomic E-state index is 12.9. The molecule has 0 aliphatic rings. The molecule has 0 spiro atoms. The summed E-state index contributed by atoms with van der Waals surface area (Å²) in [5, 5.41) is 2.92. The van der Waals surface area contributed by atoms with Gasteiger partial charge in [0.25, 0.3) is 5.04 Å². The van der Waals surface area contributed by atoms with E-state index in [0.717, 1.165) is 5.56 Å². The number of aryl methyl sites for hydroxylation is 1. The molecule has 132 valence electrons. The number of carbonyl (C=O) groups is 1. The molecular formula is C17H17FN2O4S. The largest absolute Gasteiger partial charge is 0.461 e. The number of anilines is 1. The Balaban J connectivity index is 2.40. The number of hydrogen-bond donors (Lipinski definition) is 1. The summed E-state index contributed by atoms with van der Waals surface area (Å²) in [6, 6.07) is 11.1. The molecule has 0 saturated carbocycles. The standard InChI is InChI=1S/C17H17FN2O4S/c1-3-24-17(21)16(20-19-14-8-6-13(18)7-9-14)25(22,23)15-10-4-12(2)5-11-15/h4-11,19H,3H2,1-2H3/b20-16-. The third kappa shape index (κ3) is 4.63. The van der Waals surface area contributed by atoms with E-state index < -0.39 is 26.7 Å². The van der Waals surface area contributed by atoms with Crippen LogP contribution in [0.3, 0.4) is 0 Å². The molecule has 2 aromatic carbocycles. The molecule has 0 saturated heterocycles.